The van der Waals surface area contributed by atoms with Crippen molar-refractivity contribution in [3.05, 3.63) is 29.8 Å². The summed E-state index contributed by atoms with van der Waals surface area (Å²) < 4.78 is 0. The van der Waals surface area contributed by atoms with Crippen LogP contribution in [-0.4, -0.2) is 67.8 Å². The Morgan fingerprint density at radius 2 is 2.06 bits per heavy atom. The molecule has 9 nitrogen and oxygen atoms in total. The molecule has 1 atom stereocenters. The zero-order chi connectivity index (χ0) is 23.2. The summed E-state index contributed by atoms with van der Waals surface area (Å²) >= 11 is 1.69. The van der Waals surface area contributed by atoms with Crippen LogP contribution >= 0.6 is 11.8 Å². The van der Waals surface area contributed by atoms with Gasteiger partial charge < -0.3 is 27.0 Å². The topological polar surface area (TPSA) is 133 Å². The van der Waals surface area contributed by atoms with Gasteiger partial charge in [0.05, 0.1) is 6.54 Å². The lowest BCUT2D eigenvalue weighted by atomic mass is 10.0. The van der Waals surface area contributed by atoms with E-state index in [1.54, 1.807) is 18.8 Å². The number of carbonyl (C=O) groups excluding carboxylic acids is 2. The quantitative estimate of drug-likeness (QED) is 0.170. The summed E-state index contributed by atoms with van der Waals surface area (Å²) in [6.07, 6.45) is 2.48. The first-order valence-corrected chi connectivity index (χ1v) is 12.2. The number of carbonyl (C=O) groups is 2. The molecule has 0 saturated carbocycles. The van der Waals surface area contributed by atoms with Crippen LogP contribution < -0.4 is 27.0 Å². The minimum atomic E-state index is -0.716. The normalized spacial score (nSPS) is 14.3. The number of guanidine groups is 1. The largest absolute Gasteiger partial charge is 0.368 e. The number of nitrogens with one attached hydrogen (secondary N) is 4. The van der Waals surface area contributed by atoms with Crippen molar-refractivity contribution in [2.75, 3.05) is 43.5 Å². The number of anilines is 1. The molecule has 1 aliphatic rings. The molecule has 10 heteroatoms. The van der Waals surface area contributed by atoms with Crippen molar-refractivity contribution < 1.29 is 9.59 Å². The fourth-order valence-corrected chi connectivity index (χ4v) is 3.75. The molecule has 0 bridgehead atoms. The number of amidine groups is 1. The second-order valence-corrected chi connectivity index (χ2v) is 8.75. The lowest BCUT2D eigenvalue weighted by molar-refractivity contribution is -0.127. The number of thioether (sulfide) groups is 1. The van der Waals surface area contributed by atoms with Crippen molar-refractivity contribution in [2.45, 2.75) is 38.6 Å². The Balaban J connectivity index is 1.79. The van der Waals surface area contributed by atoms with E-state index in [9.17, 15) is 9.59 Å². The molecule has 1 aromatic carbocycles. The second-order valence-electron chi connectivity index (χ2n) is 7.35. The number of nitrogens with zero attached hydrogens (tertiary/aromatic N) is 2. The number of aliphatic imine (C=N–C) groups is 2. The van der Waals surface area contributed by atoms with Crippen LogP contribution in [0, 0.1) is 0 Å². The highest BCUT2D eigenvalue weighted by atomic mass is 32.2. The molecular weight excluding hydrogens is 426 g/mol. The van der Waals surface area contributed by atoms with Gasteiger partial charge in [-0.05, 0) is 29.9 Å². The fourth-order valence-electron chi connectivity index (χ4n) is 3.13. The van der Waals surface area contributed by atoms with Gasteiger partial charge in [-0.1, -0.05) is 19.1 Å². The maximum atomic E-state index is 12.0. The highest BCUT2D eigenvalue weighted by Crippen LogP contribution is 2.13. The molecule has 32 heavy (non-hydrogen) atoms. The average molecular weight is 462 g/mol. The van der Waals surface area contributed by atoms with Gasteiger partial charge in [-0.15, -0.1) is 0 Å². The number of hydrogen-bond acceptors (Lipinski definition) is 7. The van der Waals surface area contributed by atoms with E-state index in [1.807, 2.05) is 31.2 Å². The minimum Gasteiger partial charge on any atom is -0.368 e. The van der Waals surface area contributed by atoms with E-state index in [2.05, 4.69) is 31.3 Å². The molecule has 0 aliphatic carbocycles. The summed E-state index contributed by atoms with van der Waals surface area (Å²) in [5, 5.41) is 12.5. The van der Waals surface area contributed by atoms with E-state index >= 15 is 0 Å². The molecule has 0 saturated heterocycles. The Labute approximate surface area is 194 Å². The summed E-state index contributed by atoms with van der Waals surface area (Å²) in [5.74, 6) is 2.78. The zero-order valence-electron chi connectivity index (χ0n) is 18.9. The summed E-state index contributed by atoms with van der Waals surface area (Å²) in [4.78, 5) is 32.5. The smallest absolute Gasteiger partial charge is 0.240 e. The molecule has 176 valence electrons. The predicted octanol–water partition coefficient (Wildman–Crippen LogP) is 1.11. The zero-order valence-corrected chi connectivity index (χ0v) is 19.8. The van der Waals surface area contributed by atoms with E-state index in [4.69, 9.17) is 5.73 Å². The monoisotopic (exact) mass is 461 g/mol. The lowest BCUT2D eigenvalue weighted by Crippen LogP contribution is -2.45. The molecule has 2 rings (SSSR count). The third-order valence-corrected chi connectivity index (χ3v) is 5.77. The maximum Gasteiger partial charge on any atom is 0.240 e. The number of rotatable bonds is 13. The van der Waals surface area contributed by atoms with Crippen molar-refractivity contribution in [1.82, 2.24) is 16.0 Å². The van der Waals surface area contributed by atoms with E-state index in [1.165, 1.54) is 0 Å². The predicted molar refractivity (Wildman–Crippen MR) is 133 cm³/mol. The molecule has 0 spiro atoms. The molecule has 1 heterocycles. The Hall–Kier alpha value is -2.75. The van der Waals surface area contributed by atoms with Gasteiger partial charge >= 0.3 is 0 Å². The van der Waals surface area contributed by atoms with Gasteiger partial charge in [0.1, 0.15) is 11.9 Å². The summed E-state index contributed by atoms with van der Waals surface area (Å²) in [5.41, 5.74) is 7.34. The van der Waals surface area contributed by atoms with Crippen LogP contribution in [0.5, 0.6) is 0 Å². The lowest BCUT2D eigenvalue weighted by Gasteiger charge is -2.16. The average Bonchev–Trinajstić information content (AvgIpc) is 3.30. The van der Waals surface area contributed by atoms with Gasteiger partial charge in [-0.3, -0.25) is 19.6 Å². The molecule has 2 amide bonds. The van der Waals surface area contributed by atoms with Gasteiger partial charge in [0, 0.05) is 50.8 Å². The van der Waals surface area contributed by atoms with Gasteiger partial charge in [0.15, 0.2) is 5.96 Å². The Bertz CT molecular complexity index is 796. The van der Waals surface area contributed by atoms with E-state index < -0.39 is 11.9 Å². The Morgan fingerprint density at radius 3 is 2.69 bits per heavy atom. The van der Waals surface area contributed by atoms with Gasteiger partial charge in [-0.25, -0.2) is 0 Å². The molecule has 0 radical (unpaired) electrons. The van der Waals surface area contributed by atoms with Crippen LogP contribution in [0.2, 0.25) is 0 Å². The standard InChI is InChI=1S/C22H35N7O2S/c1-3-32-14-10-20(30)29-18(21(23)31)15-16-6-8-17(9-7-16)28-19(24-2)5-4-11-25-22-26-12-13-27-22/h6-9,18H,3-5,10-15H2,1-2H3,(H2,23,31)(H,24,28)(H,29,30)(H2,25,26,27). The number of nitrogens with two attached hydrogens (primary N) is 1. The van der Waals surface area contributed by atoms with E-state index in [0.717, 1.165) is 67.0 Å². The van der Waals surface area contributed by atoms with Crippen molar-refractivity contribution >= 4 is 41.1 Å². The molecule has 1 unspecified atom stereocenters. The number of primary amides is 1. The molecule has 0 fully saturated rings. The maximum absolute atomic E-state index is 12.0. The van der Waals surface area contributed by atoms with E-state index in [0.29, 0.717) is 12.8 Å². The summed E-state index contributed by atoms with van der Waals surface area (Å²) in [6.45, 7) is 4.59. The van der Waals surface area contributed by atoms with Crippen LogP contribution in [0.3, 0.4) is 0 Å². The molecule has 6 N–H and O–H groups in total. The van der Waals surface area contributed by atoms with Crippen LogP contribution in [0.15, 0.2) is 34.3 Å². The summed E-state index contributed by atoms with van der Waals surface area (Å²) in [6, 6.07) is 7.01. The van der Waals surface area contributed by atoms with Gasteiger partial charge in [0.2, 0.25) is 11.8 Å². The molecular formula is C22H35N7O2S. The van der Waals surface area contributed by atoms with Crippen LogP contribution in [0.1, 0.15) is 31.7 Å². The highest BCUT2D eigenvalue weighted by Gasteiger charge is 2.18. The number of amides is 2. The number of benzene rings is 1. The number of hydrogen-bond donors (Lipinski definition) is 5. The summed E-state index contributed by atoms with van der Waals surface area (Å²) in [7, 11) is 1.77. The molecule has 0 aromatic heterocycles. The van der Waals surface area contributed by atoms with Gasteiger partial charge in [0.25, 0.3) is 0 Å². The first-order chi connectivity index (χ1) is 15.5. The van der Waals surface area contributed by atoms with Crippen LogP contribution in [-0.2, 0) is 16.0 Å². The first-order valence-electron chi connectivity index (χ1n) is 11.0. The third-order valence-electron chi connectivity index (χ3n) is 4.87. The van der Waals surface area contributed by atoms with Crippen molar-refractivity contribution in [3.8, 4) is 0 Å². The first kappa shape index (κ1) is 25.5. The SMILES string of the molecule is CCSCCC(=O)NC(Cc1ccc(NC(CCCNC2=NCCN2)=NC)cc1)C(N)=O. The Morgan fingerprint density at radius 1 is 1.28 bits per heavy atom. The highest BCUT2D eigenvalue weighted by molar-refractivity contribution is 7.99. The van der Waals surface area contributed by atoms with E-state index in [-0.39, 0.29) is 5.91 Å². The minimum absolute atomic E-state index is 0.151. The van der Waals surface area contributed by atoms with Crippen molar-refractivity contribution in [3.63, 3.8) is 0 Å². The second kappa shape index (κ2) is 14.3. The van der Waals surface area contributed by atoms with Crippen LogP contribution in [0.25, 0.3) is 0 Å². The van der Waals surface area contributed by atoms with Crippen molar-refractivity contribution in [2.24, 2.45) is 15.7 Å². The molecule has 1 aliphatic heterocycles. The fraction of sp³-hybridized carbons (Fsp3) is 0.545. The Kier molecular flexibility index (Phi) is 11.4. The third kappa shape index (κ3) is 9.59. The molecule has 1 aromatic rings. The van der Waals surface area contributed by atoms with Crippen molar-refractivity contribution in [1.29, 1.82) is 0 Å². The van der Waals surface area contributed by atoms with Gasteiger partial charge in [-0.2, -0.15) is 11.8 Å². The van der Waals surface area contributed by atoms with Crippen LogP contribution in [0.4, 0.5) is 5.69 Å².